The molecule has 0 saturated carbocycles. The number of carbonyl (C=O) groups excluding carboxylic acids is 1. The molecule has 2 rings (SSSR count). The van der Waals surface area contributed by atoms with Gasteiger partial charge in [0.2, 0.25) is 5.91 Å². The van der Waals surface area contributed by atoms with Gasteiger partial charge in [-0.25, -0.2) is 0 Å². The summed E-state index contributed by atoms with van der Waals surface area (Å²) >= 11 is 5.88. The molecule has 0 bridgehead atoms. The van der Waals surface area contributed by atoms with Crippen molar-refractivity contribution in [1.29, 1.82) is 0 Å². The normalized spacial score (nSPS) is 17.4. The maximum atomic E-state index is 11.8. The van der Waals surface area contributed by atoms with Gasteiger partial charge >= 0.3 is 0 Å². The molecule has 1 aromatic rings. The summed E-state index contributed by atoms with van der Waals surface area (Å²) in [7, 11) is 0. The van der Waals surface area contributed by atoms with Crippen LogP contribution in [-0.2, 0) is 11.3 Å². The van der Waals surface area contributed by atoms with Crippen molar-refractivity contribution in [3.8, 4) is 0 Å². The molecule has 0 radical (unpaired) electrons. The van der Waals surface area contributed by atoms with E-state index in [1.807, 2.05) is 19.1 Å². The van der Waals surface area contributed by atoms with Crippen LogP contribution < -0.4 is 5.32 Å². The Balaban J connectivity index is 1.80. The van der Waals surface area contributed by atoms with E-state index in [2.05, 4.69) is 22.3 Å². The van der Waals surface area contributed by atoms with Gasteiger partial charge in [-0.1, -0.05) is 23.7 Å². The average molecular weight is 281 g/mol. The molecule has 1 aromatic carbocycles. The van der Waals surface area contributed by atoms with E-state index in [1.165, 1.54) is 5.56 Å². The van der Waals surface area contributed by atoms with E-state index < -0.39 is 0 Å². The Hall–Kier alpha value is -1.06. The maximum Gasteiger partial charge on any atom is 0.223 e. The number of amides is 1. The van der Waals surface area contributed by atoms with E-state index in [1.54, 1.807) is 0 Å². The first-order valence-electron chi connectivity index (χ1n) is 6.93. The number of nitrogens with one attached hydrogen (secondary N) is 1. The van der Waals surface area contributed by atoms with Crippen LogP contribution in [0, 0.1) is 5.92 Å². The number of carbonyl (C=O) groups is 1. The summed E-state index contributed by atoms with van der Waals surface area (Å²) in [6, 6.07) is 7.99. The lowest BCUT2D eigenvalue weighted by Gasteiger charge is -2.31. The molecule has 1 aliphatic heterocycles. The Labute approximate surface area is 119 Å². The molecular weight excluding hydrogens is 260 g/mol. The largest absolute Gasteiger partial charge is 0.356 e. The molecule has 0 spiro atoms. The molecule has 1 saturated heterocycles. The molecule has 1 amide bonds. The minimum Gasteiger partial charge on any atom is -0.356 e. The zero-order valence-corrected chi connectivity index (χ0v) is 12.1. The predicted molar refractivity (Wildman–Crippen MR) is 78.1 cm³/mol. The summed E-state index contributed by atoms with van der Waals surface area (Å²) in [4.78, 5) is 14.2. The summed E-state index contributed by atoms with van der Waals surface area (Å²) < 4.78 is 0. The van der Waals surface area contributed by atoms with Gasteiger partial charge in [-0.05, 0) is 50.6 Å². The second kappa shape index (κ2) is 6.92. The third-order valence-electron chi connectivity index (χ3n) is 3.63. The van der Waals surface area contributed by atoms with E-state index in [-0.39, 0.29) is 11.8 Å². The van der Waals surface area contributed by atoms with Gasteiger partial charge in [-0.3, -0.25) is 9.69 Å². The van der Waals surface area contributed by atoms with E-state index in [0.717, 1.165) is 44.0 Å². The molecule has 1 heterocycles. The lowest BCUT2D eigenvalue weighted by molar-refractivity contribution is -0.126. The van der Waals surface area contributed by atoms with Crippen molar-refractivity contribution in [2.24, 2.45) is 5.92 Å². The van der Waals surface area contributed by atoms with Crippen LogP contribution in [0.25, 0.3) is 0 Å². The average Bonchev–Trinajstić information content (AvgIpc) is 2.42. The lowest BCUT2D eigenvalue weighted by Crippen LogP contribution is -2.40. The molecule has 0 unspecified atom stereocenters. The Bertz CT molecular complexity index is 411. The monoisotopic (exact) mass is 280 g/mol. The minimum absolute atomic E-state index is 0.196. The van der Waals surface area contributed by atoms with Crippen molar-refractivity contribution in [2.75, 3.05) is 19.6 Å². The van der Waals surface area contributed by atoms with Crippen LogP contribution in [0.5, 0.6) is 0 Å². The second-order valence-corrected chi connectivity index (χ2v) is 5.51. The van der Waals surface area contributed by atoms with Crippen molar-refractivity contribution in [3.05, 3.63) is 34.9 Å². The van der Waals surface area contributed by atoms with Gasteiger partial charge in [0, 0.05) is 24.0 Å². The van der Waals surface area contributed by atoms with E-state index in [9.17, 15) is 4.79 Å². The smallest absolute Gasteiger partial charge is 0.223 e. The number of piperidine rings is 1. The van der Waals surface area contributed by atoms with Crippen LogP contribution in [0.3, 0.4) is 0 Å². The predicted octanol–water partition coefficient (Wildman–Crippen LogP) is 2.69. The number of nitrogens with zero attached hydrogens (tertiary/aromatic N) is 1. The number of hydrogen-bond acceptors (Lipinski definition) is 2. The minimum atomic E-state index is 0.196. The van der Waals surface area contributed by atoms with Crippen LogP contribution >= 0.6 is 11.6 Å². The summed E-state index contributed by atoms with van der Waals surface area (Å²) in [5, 5.41) is 3.69. The molecule has 0 atom stereocenters. The summed E-state index contributed by atoms with van der Waals surface area (Å²) in [6.07, 6.45) is 1.92. The Kier molecular flexibility index (Phi) is 5.23. The van der Waals surface area contributed by atoms with Crippen molar-refractivity contribution >= 4 is 17.5 Å². The summed E-state index contributed by atoms with van der Waals surface area (Å²) in [6.45, 7) is 5.62. The van der Waals surface area contributed by atoms with Gasteiger partial charge in [-0.2, -0.15) is 0 Å². The summed E-state index contributed by atoms with van der Waals surface area (Å²) in [5.41, 5.74) is 1.28. The first-order chi connectivity index (χ1) is 9.19. The fourth-order valence-corrected chi connectivity index (χ4v) is 2.65. The molecule has 0 aromatic heterocycles. The molecule has 19 heavy (non-hydrogen) atoms. The van der Waals surface area contributed by atoms with Crippen molar-refractivity contribution in [3.63, 3.8) is 0 Å². The van der Waals surface area contributed by atoms with Gasteiger partial charge < -0.3 is 5.32 Å². The first-order valence-corrected chi connectivity index (χ1v) is 7.31. The Morgan fingerprint density at radius 3 is 2.53 bits per heavy atom. The molecule has 1 fully saturated rings. The first kappa shape index (κ1) is 14.4. The number of hydrogen-bond donors (Lipinski definition) is 1. The van der Waals surface area contributed by atoms with E-state index in [0.29, 0.717) is 0 Å². The van der Waals surface area contributed by atoms with E-state index in [4.69, 9.17) is 11.6 Å². The van der Waals surface area contributed by atoms with Crippen molar-refractivity contribution in [1.82, 2.24) is 10.2 Å². The van der Waals surface area contributed by atoms with Gasteiger partial charge in [0.1, 0.15) is 0 Å². The Morgan fingerprint density at radius 1 is 1.32 bits per heavy atom. The van der Waals surface area contributed by atoms with Crippen LogP contribution in [0.2, 0.25) is 5.02 Å². The quantitative estimate of drug-likeness (QED) is 0.920. The molecule has 1 N–H and O–H groups in total. The molecule has 3 nitrogen and oxygen atoms in total. The fraction of sp³-hybridized carbons (Fsp3) is 0.533. The highest BCUT2D eigenvalue weighted by atomic mass is 35.5. The highest BCUT2D eigenvalue weighted by Crippen LogP contribution is 2.19. The molecule has 4 heteroatoms. The summed E-state index contributed by atoms with van der Waals surface area (Å²) in [5.74, 6) is 0.412. The second-order valence-electron chi connectivity index (χ2n) is 5.07. The van der Waals surface area contributed by atoms with Crippen molar-refractivity contribution in [2.45, 2.75) is 26.3 Å². The maximum absolute atomic E-state index is 11.8. The third kappa shape index (κ3) is 4.22. The highest BCUT2D eigenvalue weighted by molar-refractivity contribution is 6.30. The SMILES string of the molecule is CCNC(=O)C1CCN(Cc2ccc(Cl)cc2)CC1. The van der Waals surface area contributed by atoms with E-state index >= 15 is 0 Å². The lowest BCUT2D eigenvalue weighted by atomic mass is 9.95. The zero-order chi connectivity index (χ0) is 13.7. The fourth-order valence-electron chi connectivity index (χ4n) is 2.52. The van der Waals surface area contributed by atoms with Gasteiger partial charge in [0.05, 0.1) is 0 Å². The molecule has 0 aliphatic carbocycles. The molecular formula is C15H21ClN2O. The van der Waals surface area contributed by atoms with Crippen LogP contribution in [0.15, 0.2) is 24.3 Å². The van der Waals surface area contributed by atoms with Crippen LogP contribution in [0.4, 0.5) is 0 Å². The van der Waals surface area contributed by atoms with Gasteiger partial charge in [0.15, 0.2) is 0 Å². The zero-order valence-electron chi connectivity index (χ0n) is 11.4. The van der Waals surface area contributed by atoms with Gasteiger partial charge in [0.25, 0.3) is 0 Å². The van der Waals surface area contributed by atoms with Crippen molar-refractivity contribution < 1.29 is 4.79 Å². The molecule has 1 aliphatic rings. The number of benzene rings is 1. The Morgan fingerprint density at radius 2 is 1.95 bits per heavy atom. The number of halogens is 1. The number of likely N-dealkylation sites (tertiary alicyclic amines) is 1. The van der Waals surface area contributed by atoms with Gasteiger partial charge in [-0.15, -0.1) is 0 Å². The van der Waals surface area contributed by atoms with Crippen LogP contribution in [0.1, 0.15) is 25.3 Å². The third-order valence-corrected chi connectivity index (χ3v) is 3.88. The topological polar surface area (TPSA) is 32.3 Å². The standard InChI is InChI=1S/C15H21ClN2O/c1-2-17-15(19)13-7-9-18(10-8-13)11-12-3-5-14(16)6-4-12/h3-6,13H,2,7-11H2,1H3,(H,17,19). The van der Waals surface area contributed by atoms with Crippen LogP contribution in [-0.4, -0.2) is 30.4 Å². The molecule has 104 valence electrons. The number of rotatable bonds is 4. The highest BCUT2D eigenvalue weighted by Gasteiger charge is 2.24.